The number of H-pyrrole nitrogens is 1. The lowest BCUT2D eigenvalue weighted by Crippen LogP contribution is -2.50. The average Bonchev–Trinajstić information content (AvgIpc) is 3.85. The summed E-state index contributed by atoms with van der Waals surface area (Å²) in [5, 5.41) is 23.4. The molecule has 0 radical (unpaired) electrons. The van der Waals surface area contributed by atoms with Crippen LogP contribution in [0.15, 0.2) is 36.8 Å². The number of hydrogen-bond acceptors (Lipinski definition) is 8. The van der Waals surface area contributed by atoms with Gasteiger partial charge in [-0.3, -0.25) is 14.7 Å². The number of aromatic nitrogens is 6. The molecule has 208 valence electrons. The first-order valence-electron chi connectivity index (χ1n) is 13.5. The fourth-order valence-corrected chi connectivity index (χ4v) is 5.87. The van der Waals surface area contributed by atoms with Gasteiger partial charge in [-0.2, -0.15) is 15.5 Å². The number of nitrogens with one attached hydrogen (secondary N) is 2. The van der Waals surface area contributed by atoms with Crippen LogP contribution in [0.5, 0.6) is 5.88 Å². The van der Waals surface area contributed by atoms with Gasteiger partial charge >= 0.3 is 0 Å². The van der Waals surface area contributed by atoms with Crippen LogP contribution in [0.3, 0.4) is 0 Å². The smallest absolute Gasteiger partial charge is 0.272 e. The molecule has 1 saturated heterocycles. The van der Waals surface area contributed by atoms with Crippen molar-refractivity contribution in [2.24, 2.45) is 11.8 Å². The number of fused-ring (bicyclic) bond motifs is 1. The van der Waals surface area contributed by atoms with Crippen molar-refractivity contribution >= 4 is 23.1 Å². The zero-order valence-electron chi connectivity index (χ0n) is 22.2. The van der Waals surface area contributed by atoms with Gasteiger partial charge in [0.15, 0.2) is 11.5 Å². The summed E-state index contributed by atoms with van der Waals surface area (Å²) < 4.78 is 21.1. The first-order valence-corrected chi connectivity index (χ1v) is 13.5. The van der Waals surface area contributed by atoms with Crippen LogP contribution in [0.1, 0.15) is 54.2 Å². The van der Waals surface area contributed by atoms with Crippen molar-refractivity contribution in [3.63, 3.8) is 0 Å². The van der Waals surface area contributed by atoms with Gasteiger partial charge in [0.05, 0.1) is 37.2 Å². The van der Waals surface area contributed by atoms with Crippen molar-refractivity contribution in [2.45, 2.75) is 43.6 Å². The number of likely N-dealkylation sites (tertiary alicyclic amines) is 1. The summed E-state index contributed by atoms with van der Waals surface area (Å²) in [5.41, 5.74) is 2.23. The number of rotatable bonds is 6. The number of nitriles is 1. The Hall–Kier alpha value is -4.86. The summed E-state index contributed by atoms with van der Waals surface area (Å²) >= 11 is 0. The highest BCUT2D eigenvalue weighted by molar-refractivity contribution is 5.97. The molecule has 3 fully saturated rings. The zero-order valence-corrected chi connectivity index (χ0v) is 22.2. The molecule has 3 atom stereocenters. The van der Waals surface area contributed by atoms with Crippen LogP contribution in [0.25, 0.3) is 16.9 Å². The van der Waals surface area contributed by atoms with E-state index in [-0.39, 0.29) is 52.4 Å². The molecule has 1 spiro atoms. The van der Waals surface area contributed by atoms with E-state index in [1.165, 1.54) is 19.2 Å². The predicted octanol–water partition coefficient (Wildman–Crippen LogP) is 3.31. The normalized spacial score (nSPS) is 22.4. The lowest BCUT2D eigenvalue weighted by molar-refractivity contribution is -0.122. The van der Waals surface area contributed by atoms with E-state index >= 15 is 0 Å². The lowest BCUT2D eigenvalue weighted by atomic mass is 9.88. The van der Waals surface area contributed by atoms with E-state index in [2.05, 4.69) is 36.7 Å². The molecular weight excluding hydrogens is 529 g/mol. The summed E-state index contributed by atoms with van der Waals surface area (Å²) in [7, 11) is 1.44. The predicted molar refractivity (Wildman–Crippen MR) is 142 cm³/mol. The Balaban J connectivity index is 1.04. The summed E-state index contributed by atoms with van der Waals surface area (Å²) in [5.74, 6) is -0.848. The molecule has 13 heteroatoms. The number of carbonyl (C=O) groups excluding carboxylic acids is 2. The Morgan fingerprint density at radius 1 is 1.29 bits per heavy atom. The summed E-state index contributed by atoms with van der Waals surface area (Å²) in [4.78, 5) is 37.2. The molecule has 12 nitrogen and oxygen atoms in total. The van der Waals surface area contributed by atoms with Crippen molar-refractivity contribution in [3.05, 3.63) is 54.0 Å². The second-order valence-corrected chi connectivity index (χ2v) is 11.0. The third-order valence-corrected chi connectivity index (χ3v) is 8.45. The Bertz CT molecular complexity index is 1740. The first kappa shape index (κ1) is 25.1. The highest BCUT2D eigenvalue weighted by Gasteiger charge is 2.54. The van der Waals surface area contributed by atoms with Crippen LogP contribution in [-0.2, 0) is 4.79 Å². The molecule has 2 saturated carbocycles. The highest BCUT2D eigenvalue weighted by atomic mass is 19.1. The van der Waals surface area contributed by atoms with Gasteiger partial charge < -0.3 is 15.0 Å². The maximum Gasteiger partial charge on any atom is 0.272 e. The third kappa shape index (κ3) is 4.35. The van der Waals surface area contributed by atoms with E-state index in [0.29, 0.717) is 30.7 Å². The van der Waals surface area contributed by atoms with Crippen LogP contribution < -0.4 is 10.1 Å². The fraction of sp³-hybridized carbons (Fsp3) is 0.393. The molecule has 3 aliphatic rings. The Morgan fingerprint density at radius 2 is 2.15 bits per heavy atom. The van der Waals surface area contributed by atoms with Crippen molar-refractivity contribution in [1.29, 1.82) is 5.26 Å². The van der Waals surface area contributed by atoms with Crippen LogP contribution in [-0.4, -0.2) is 65.7 Å². The maximum absolute atomic E-state index is 14.4. The van der Waals surface area contributed by atoms with Crippen LogP contribution in [0.4, 0.5) is 10.1 Å². The molecule has 0 aromatic carbocycles. The Labute approximate surface area is 233 Å². The largest absolute Gasteiger partial charge is 0.481 e. The molecule has 2 N–H and O–H groups in total. The minimum absolute atomic E-state index is 0.0118. The molecule has 1 aliphatic heterocycles. The molecule has 2 amide bonds. The van der Waals surface area contributed by atoms with Gasteiger partial charge in [-0.15, -0.1) is 0 Å². The molecule has 4 aromatic rings. The van der Waals surface area contributed by atoms with Crippen molar-refractivity contribution in [2.75, 3.05) is 19.0 Å². The number of carbonyl (C=O) groups is 2. The number of nitrogens with zero attached hydrogens (tertiary/aromatic N) is 7. The standard InChI is InChI=1S/C28H26FN9O3/c1-41-24-9-18(19(29)13-31-24)21-10-22(36-35-21)27(40)37-6-2-15(11-28(37)4-5-28)26(39)34-23-14-32-38-7-3-20(33-25(23)38)17-8-16(17)12-30/h3,7,9-10,13-17H,2,4-6,8,11H2,1H3,(H,34,39)(H,35,36)/t15-,16-,17+/m0/s1. The minimum atomic E-state index is -0.571. The van der Waals surface area contributed by atoms with Gasteiger partial charge in [0.25, 0.3) is 5.91 Å². The molecular formula is C28H26FN9O3. The number of pyridine rings is 1. The van der Waals surface area contributed by atoms with Crippen molar-refractivity contribution < 1.29 is 18.7 Å². The zero-order chi connectivity index (χ0) is 28.3. The summed E-state index contributed by atoms with van der Waals surface area (Å²) in [6.07, 6.45) is 7.89. The third-order valence-electron chi connectivity index (χ3n) is 8.45. The monoisotopic (exact) mass is 555 g/mol. The van der Waals surface area contributed by atoms with E-state index in [1.54, 1.807) is 16.9 Å². The van der Waals surface area contributed by atoms with Crippen LogP contribution in [0, 0.1) is 29.0 Å². The van der Waals surface area contributed by atoms with E-state index in [9.17, 15) is 14.0 Å². The van der Waals surface area contributed by atoms with Crippen LogP contribution >= 0.6 is 0 Å². The number of halogens is 1. The Kier molecular flexibility index (Phi) is 5.74. The first-order chi connectivity index (χ1) is 19.9. The minimum Gasteiger partial charge on any atom is -0.481 e. The number of ether oxygens (including phenoxy) is 1. The maximum atomic E-state index is 14.4. The summed E-state index contributed by atoms with van der Waals surface area (Å²) in [6.45, 7) is 0.414. The van der Waals surface area contributed by atoms with Gasteiger partial charge in [0.2, 0.25) is 11.8 Å². The van der Waals surface area contributed by atoms with Gasteiger partial charge in [-0.05, 0) is 44.2 Å². The van der Waals surface area contributed by atoms with E-state index in [4.69, 9.17) is 10.00 Å². The average molecular weight is 556 g/mol. The number of aromatic amines is 1. The van der Waals surface area contributed by atoms with Gasteiger partial charge in [0.1, 0.15) is 11.4 Å². The quantitative estimate of drug-likeness (QED) is 0.367. The molecule has 0 bridgehead atoms. The molecule has 0 unspecified atom stereocenters. The summed E-state index contributed by atoms with van der Waals surface area (Å²) in [6, 6.07) is 7.11. The fourth-order valence-electron chi connectivity index (χ4n) is 5.87. The molecule has 5 heterocycles. The van der Waals surface area contributed by atoms with E-state index in [0.717, 1.165) is 31.2 Å². The second-order valence-electron chi connectivity index (χ2n) is 11.0. The molecule has 2 aliphatic carbocycles. The number of anilines is 1. The number of methoxy groups -OCH3 is 1. The number of piperidine rings is 1. The number of amides is 2. The van der Waals surface area contributed by atoms with Crippen molar-refractivity contribution in [3.8, 4) is 23.2 Å². The molecule has 7 rings (SSSR count). The number of hydrogen-bond donors (Lipinski definition) is 2. The van der Waals surface area contributed by atoms with Gasteiger partial charge in [-0.25, -0.2) is 18.9 Å². The van der Waals surface area contributed by atoms with Crippen LogP contribution in [0.2, 0.25) is 0 Å². The Morgan fingerprint density at radius 3 is 2.90 bits per heavy atom. The lowest BCUT2D eigenvalue weighted by Gasteiger charge is -2.39. The van der Waals surface area contributed by atoms with Gasteiger partial charge in [-0.1, -0.05) is 0 Å². The van der Waals surface area contributed by atoms with Gasteiger partial charge in [0, 0.05) is 47.4 Å². The second kappa shape index (κ2) is 9.36. The van der Waals surface area contributed by atoms with E-state index < -0.39 is 11.4 Å². The van der Waals surface area contributed by atoms with Crippen molar-refractivity contribution in [1.82, 2.24) is 34.7 Å². The molecule has 41 heavy (non-hydrogen) atoms. The SMILES string of the molecule is COc1cc(-c2cc(C(=O)N3CC[C@H](C(=O)Nc4cnn5ccc([C@@H]6C[C@H]6C#N)nc45)CC34CC4)[nH]n2)c(F)cn1. The molecule has 4 aromatic heterocycles. The highest BCUT2D eigenvalue weighted by Crippen LogP contribution is 2.51. The van der Waals surface area contributed by atoms with E-state index in [1.807, 2.05) is 11.0 Å². The topological polar surface area (TPSA) is 154 Å².